The molecule has 0 saturated carbocycles. The van der Waals surface area contributed by atoms with E-state index in [4.69, 9.17) is 9.47 Å². The summed E-state index contributed by atoms with van der Waals surface area (Å²) in [6, 6.07) is 11.4. The van der Waals surface area contributed by atoms with Crippen LogP contribution in [0.3, 0.4) is 0 Å². The number of H-pyrrole nitrogens is 1. The molecule has 1 aromatic carbocycles. The molecule has 0 fully saturated rings. The van der Waals surface area contributed by atoms with Gasteiger partial charge in [-0.25, -0.2) is 0 Å². The van der Waals surface area contributed by atoms with Crippen LogP contribution in [0.2, 0.25) is 0 Å². The molecule has 0 saturated heterocycles. The number of benzene rings is 1. The first-order valence-electron chi connectivity index (χ1n) is 7.99. The van der Waals surface area contributed by atoms with Crippen molar-refractivity contribution >= 4 is 11.7 Å². The second-order valence-electron chi connectivity index (χ2n) is 5.96. The van der Waals surface area contributed by atoms with Crippen LogP contribution in [0.25, 0.3) is 11.4 Å². The summed E-state index contributed by atoms with van der Waals surface area (Å²) in [5.74, 6) is 1.68. The van der Waals surface area contributed by atoms with Gasteiger partial charge in [0.05, 0.1) is 11.4 Å². The van der Waals surface area contributed by atoms with E-state index in [0.29, 0.717) is 23.7 Å². The summed E-state index contributed by atoms with van der Waals surface area (Å²) in [5.41, 5.74) is 3.42. The van der Waals surface area contributed by atoms with Crippen molar-refractivity contribution < 1.29 is 14.3 Å². The second-order valence-corrected chi connectivity index (χ2v) is 5.96. The molecule has 1 unspecified atom stereocenters. The summed E-state index contributed by atoms with van der Waals surface area (Å²) in [4.78, 5) is 16.6. The van der Waals surface area contributed by atoms with Crippen molar-refractivity contribution in [2.24, 2.45) is 0 Å². The third-order valence-corrected chi connectivity index (χ3v) is 4.52. The number of hydrogen-bond donors (Lipinski definition) is 2. The maximum atomic E-state index is 12.2. The SMILES string of the molecule is O=C1CC(c2cccc3c2OCO3)c2c(n[nH]c2-c2ccccn2)N1. The van der Waals surface area contributed by atoms with Crippen molar-refractivity contribution in [3.8, 4) is 22.9 Å². The molecular formula is C18H14N4O3. The minimum absolute atomic E-state index is 0.0758. The van der Waals surface area contributed by atoms with Crippen LogP contribution in [0, 0.1) is 0 Å². The fourth-order valence-electron chi connectivity index (χ4n) is 3.45. The van der Waals surface area contributed by atoms with Crippen LogP contribution in [0.1, 0.15) is 23.5 Å². The highest BCUT2D eigenvalue weighted by molar-refractivity contribution is 5.96. The summed E-state index contributed by atoms with van der Waals surface area (Å²) in [5, 5.41) is 10.1. The molecule has 7 nitrogen and oxygen atoms in total. The van der Waals surface area contributed by atoms with Gasteiger partial charge in [0, 0.05) is 29.7 Å². The number of fused-ring (bicyclic) bond motifs is 2. The Morgan fingerprint density at radius 3 is 2.96 bits per heavy atom. The lowest BCUT2D eigenvalue weighted by Gasteiger charge is -2.24. The van der Waals surface area contributed by atoms with Gasteiger partial charge in [0.25, 0.3) is 0 Å². The van der Waals surface area contributed by atoms with Crippen LogP contribution in [-0.4, -0.2) is 27.9 Å². The summed E-state index contributed by atoms with van der Waals surface area (Å²) in [6.45, 7) is 0.191. The number of carbonyl (C=O) groups is 1. The molecule has 2 aromatic heterocycles. The van der Waals surface area contributed by atoms with Crippen molar-refractivity contribution in [3.05, 3.63) is 53.7 Å². The molecule has 4 heterocycles. The molecule has 2 N–H and O–H groups in total. The Balaban J connectivity index is 1.70. The zero-order valence-corrected chi connectivity index (χ0v) is 13.2. The van der Waals surface area contributed by atoms with Crippen molar-refractivity contribution in [1.29, 1.82) is 0 Å². The molecule has 5 rings (SSSR count). The monoisotopic (exact) mass is 334 g/mol. The molecule has 3 aromatic rings. The first-order valence-corrected chi connectivity index (χ1v) is 7.99. The number of nitrogens with zero attached hydrogens (tertiary/aromatic N) is 2. The number of pyridine rings is 1. The zero-order chi connectivity index (χ0) is 16.8. The third-order valence-electron chi connectivity index (χ3n) is 4.52. The largest absolute Gasteiger partial charge is 0.454 e. The Labute approximate surface area is 143 Å². The molecule has 1 amide bonds. The molecule has 124 valence electrons. The van der Waals surface area contributed by atoms with Crippen LogP contribution < -0.4 is 14.8 Å². The standard InChI is InChI=1S/C18H14N4O3/c23-14-8-11(10-4-3-6-13-17(10)25-9-24-13)15-16(21-22-18(15)20-14)12-5-1-2-7-19-12/h1-7,11H,8-9H2,(H2,20,21,22,23). The van der Waals surface area contributed by atoms with Crippen LogP contribution in [0.4, 0.5) is 5.82 Å². The van der Waals surface area contributed by atoms with Crippen molar-refractivity contribution in [3.63, 3.8) is 0 Å². The van der Waals surface area contributed by atoms with E-state index >= 15 is 0 Å². The highest BCUT2D eigenvalue weighted by atomic mass is 16.7. The predicted molar refractivity (Wildman–Crippen MR) is 89.5 cm³/mol. The first kappa shape index (κ1) is 14.0. The Hall–Kier alpha value is -3.35. The summed E-state index contributed by atoms with van der Waals surface area (Å²) < 4.78 is 11.1. The van der Waals surface area contributed by atoms with Crippen LogP contribution >= 0.6 is 0 Å². The van der Waals surface area contributed by atoms with Crippen molar-refractivity contribution in [2.45, 2.75) is 12.3 Å². The second kappa shape index (κ2) is 5.34. The molecule has 2 aliphatic rings. The number of ether oxygens (including phenoxy) is 2. The highest BCUT2D eigenvalue weighted by Gasteiger charge is 2.35. The Morgan fingerprint density at radius 2 is 2.08 bits per heavy atom. The molecule has 0 spiro atoms. The van der Waals surface area contributed by atoms with Gasteiger partial charge >= 0.3 is 0 Å². The summed E-state index contributed by atoms with van der Waals surface area (Å²) in [7, 11) is 0. The average molecular weight is 334 g/mol. The van der Waals surface area contributed by atoms with E-state index in [0.717, 1.165) is 22.5 Å². The van der Waals surface area contributed by atoms with Gasteiger partial charge in [-0.3, -0.25) is 14.9 Å². The Kier molecular flexibility index (Phi) is 3.00. The quantitative estimate of drug-likeness (QED) is 0.752. The number of nitrogens with one attached hydrogen (secondary N) is 2. The third kappa shape index (κ3) is 2.16. The van der Waals surface area contributed by atoms with Gasteiger partial charge in [-0.1, -0.05) is 18.2 Å². The molecule has 0 bridgehead atoms. The molecule has 0 radical (unpaired) electrons. The van der Waals surface area contributed by atoms with E-state index < -0.39 is 0 Å². The van der Waals surface area contributed by atoms with E-state index in [1.54, 1.807) is 6.20 Å². The number of aromatic nitrogens is 3. The maximum Gasteiger partial charge on any atom is 0.231 e. The van der Waals surface area contributed by atoms with E-state index in [9.17, 15) is 4.79 Å². The lowest BCUT2D eigenvalue weighted by atomic mass is 9.84. The van der Waals surface area contributed by atoms with Crippen molar-refractivity contribution in [1.82, 2.24) is 15.2 Å². The van der Waals surface area contributed by atoms with Gasteiger partial charge in [0.1, 0.15) is 0 Å². The maximum absolute atomic E-state index is 12.2. The molecular weight excluding hydrogens is 320 g/mol. The molecule has 25 heavy (non-hydrogen) atoms. The summed E-state index contributed by atoms with van der Waals surface area (Å²) in [6.07, 6.45) is 2.04. The van der Waals surface area contributed by atoms with E-state index in [1.165, 1.54) is 0 Å². The number of amides is 1. The van der Waals surface area contributed by atoms with Gasteiger partial charge in [0.15, 0.2) is 17.3 Å². The minimum Gasteiger partial charge on any atom is -0.454 e. The zero-order valence-electron chi connectivity index (χ0n) is 13.2. The fraction of sp³-hybridized carbons (Fsp3) is 0.167. The summed E-state index contributed by atoms with van der Waals surface area (Å²) >= 11 is 0. The fourth-order valence-corrected chi connectivity index (χ4v) is 3.45. The van der Waals surface area contributed by atoms with E-state index in [-0.39, 0.29) is 18.6 Å². The average Bonchev–Trinajstić information content (AvgIpc) is 3.28. The van der Waals surface area contributed by atoms with Gasteiger partial charge in [-0.2, -0.15) is 5.10 Å². The normalized spacial score (nSPS) is 17.9. The lowest BCUT2D eigenvalue weighted by Crippen LogP contribution is -2.23. The highest BCUT2D eigenvalue weighted by Crippen LogP contribution is 2.47. The van der Waals surface area contributed by atoms with Crippen LogP contribution in [0.5, 0.6) is 11.5 Å². The smallest absolute Gasteiger partial charge is 0.231 e. The Bertz CT molecular complexity index is 968. The molecule has 7 heteroatoms. The number of para-hydroxylation sites is 1. The number of rotatable bonds is 2. The van der Waals surface area contributed by atoms with Gasteiger partial charge in [0.2, 0.25) is 12.7 Å². The van der Waals surface area contributed by atoms with Crippen molar-refractivity contribution in [2.75, 3.05) is 12.1 Å². The number of aromatic amines is 1. The first-order chi connectivity index (χ1) is 12.3. The number of anilines is 1. The van der Waals surface area contributed by atoms with Crippen LogP contribution in [0.15, 0.2) is 42.6 Å². The molecule has 1 atom stereocenters. The predicted octanol–water partition coefficient (Wildman–Crippen LogP) is 2.67. The lowest BCUT2D eigenvalue weighted by molar-refractivity contribution is -0.116. The van der Waals surface area contributed by atoms with Gasteiger partial charge < -0.3 is 14.8 Å². The van der Waals surface area contributed by atoms with Gasteiger partial charge in [-0.15, -0.1) is 0 Å². The topological polar surface area (TPSA) is 89.1 Å². The van der Waals surface area contributed by atoms with E-state index in [1.807, 2.05) is 36.4 Å². The number of hydrogen-bond acceptors (Lipinski definition) is 5. The van der Waals surface area contributed by atoms with E-state index in [2.05, 4.69) is 20.5 Å². The Morgan fingerprint density at radius 1 is 1.12 bits per heavy atom. The van der Waals surface area contributed by atoms with Crippen LogP contribution in [-0.2, 0) is 4.79 Å². The minimum atomic E-state index is -0.184. The number of carbonyl (C=O) groups excluding carboxylic acids is 1. The van der Waals surface area contributed by atoms with Gasteiger partial charge in [-0.05, 0) is 18.2 Å². The molecule has 0 aliphatic carbocycles. The molecule has 2 aliphatic heterocycles.